The van der Waals surface area contributed by atoms with Crippen molar-refractivity contribution < 1.29 is 27.5 Å². The minimum absolute atomic E-state index is 0.0635. The maximum atomic E-state index is 12.7. The highest BCUT2D eigenvalue weighted by molar-refractivity contribution is 7.17. The van der Waals surface area contributed by atoms with Crippen molar-refractivity contribution in [1.82, 2.24) is 20.0 Å². The van der Waals surface area contributed by atoms with Crippen molar-refractivity contribution in [2.45, 2.75) is 32.3 Å². The molecule has 34 heavy (non-hydrogen) atoms. The Morgan fingerprint density at radius 1 is 1.44 bits per heavy atom. The van der Waals surface area contributed by atoms with Crippen LogP contribution in [0.5, 0.6) is 5.75 Å². The molecule has 0 radical (unpaired) electrons. The molecule has 4 rings (SSSR count). The van der Waals surface area contributed by atoms with Crippen LogP contribution in [0, 0.1) is 12.8 Å². The number of alkyl halides is 2. The molecule has 1 N–H and O–H groups in total. The molecular weight excluding hydrogens is 474 g/mol. The number of halogens is 2. The van der Waals surface area contributed by atoms with Crippen LogP contribution in [-0.2, 0) is 4.74 Å². The molecule has 0 aliphatic heterocycles. The second kappa shape index (κ2) is 10.2. The normalized spacial score (nSPS) is 17.8. The van der Waals surface area contributed by atoms with Crippen LogP contribution in [0.2, 0.25) is 0 Å². The third kappa shape index (κ3) is 5.17. The van der Waals surface area contributed by atoms with Gasteiger partial charge in [0, 0.05) is 30.1 Å². The van der Waals surface area contributed by atoms with Crippen LogP contribution >= 0.6 is 11.3 Å². The molecule has 0 spiro atoms. The van der Waals surface area contributed by atoms with Crippen molar-refractivity contribution in [1.29, 1.82) is 0 Å². The molecule has 2 atom stereocenters. The van der Waals surface area contributed by atoms with Gasteiger partial charge < -0.3 is 13.9 Å². The predicted octanol–water partition coefficient (Wildman–Crippen LogP) is 3.01. The molecule has 11 nitrogen and oxygen atoms in total. The number of methoxy groups -OCH3 is 1. The number of carbonyl (C=O) groups excluding carboxylic acids is 1. The summed E-state index contributed by atoms with van der Waals surface area (Å²) in [7, 11) is 1.27. The zero-order valence-electron chi connectivity index (χ0n) is 18.1. The number of aliphatic imine (C=N–C) groups is 1. The summed E-state index contributed by atoms with van der Waals surface area (Å²) in [5.74, 6) is -1.44. The monoisotopic (exact) mass is 494 g/mol. The molecule has 180 valence electrons. The lowest BCUT2D eigenvalue weighted by Gasteiger charge is -2.33. The number of carbonyl (C=O) groups is 1. The minimum atomic E-state index is -2.55. The van der Waals surface area contributed by atoms with Crippen LogP contribution in [0.4, 0.5) is 19.6 Å². The average Bonchev–Trinajstić information content (AvgIpc) is 3.41. The molecule has 3 heterocycles. The molecule has 0 aromatic carbocycles. The van der Waals surface area contributed by atoms with E-state index in [4.69, 9.17) is 13.9 Å². The fourth-order valence-corrected chi connectivity index (χ4v) is 3.95. The Labute approximate surface area is 195 Å². The topological polar surface area (TPSA) is 134 Å². The zero-order chi connectivity index (χ0) is 24.2. The summed E-state index contributed by atoms with van der Waals surface area (Å²) in [5.41, 5.74) is 0.00560. The number of aryl methyl sites for hydroxylation is 1. The zero-order valence-corrected chi connectivity index (χ0v) is 18.9. The van der Waals surface area contributed by atoms with Gasteiger partial charge in [-0.25, -0.2) is 18.3 Å². The van der Waals surface area contributed by atoms with Crippen LogP contribution < -0.4 is 15.7 Å². The van der Waals surface area contributed by atoms with Gasteiger partial charge in [-0.3, -0.25) is 15.1 Å². The van der Waals surface area contributed by atoms with Crippen molar-refractivity contribution in [2.24, 2.45) is 10.9 Å². The Bertz CT molecular complexity index is 1260. The SMILES string of the molecule is COc1c(N=CC2CC[C@@H]2OCC(F)F)cc(C(=O)Nc2nnc(-n3nccc3C)s2)oc1=O. The molecule has 1 aliphatic rings. The number of aromatic nitrogens is 4. The van der Waals surface area contributed by atoms with Gasteiger partial charge in [0.15, 0.2) is 5.76 Å². The van der Waals surface area contributed by atoms with Gasteiger partial charge in [-0.05, 0) is 25.8 Å². The van der Waals surface area contributed by atoms with Gasteiger partial charge in [0.25, 0.3) is 12.3 Å². The van der Waals surface area contributed by atoms with E-state index in [-0.39, 0.29) is 34.4 Å². The fourth-order valence-electron chi connectivity index (χ4n) is 3.19. The first kappa shape index (κ1) is 23.6. The van der Waals surface area contributed by atoms with E-state index < -0.39 is 24.6 Å². The number of anilines is 1. The molecule has 1 aliphatic carbocycles. The Balaban J connectivity index is 1.50. The lowest BCUT2D eigenvalue weighted by molar-refractivity contribution is -0.0676. The minimum Gasteiger partial charge on any atom is -0.488 e. The van der Waals surface area contributed by atoms with Crippen molar-refractivity contribution >= 4 is 34.3 Å². The number of hydrogen-bond donors (Lipinski definition) is 1. The number of nitrogens with zero attached hydrogens (tertiary/aromatic N) is 5. The van der Waals surface area contributed by atoms with Gasteiger partial charge in [0.2, 0.25) is 16.0 Å². The molecule has 3 aromatic heterocycles. The van der Waals surface area contributed by atoms with Crippen molar-refractivity contribution in [2.75, 3.05) is 19.0 Å². The summed E-state index contributed by atoms with van der Waals surface area (Å²) in [6.45, 7) is 1.20. The smallest absolute Gasteiger partial charge is 0.381 e. The Morgan fingerprint density at radius 2 is 2.26 bits per heavy atom. The van der Waals surface area contributed by atoms with Crippen LogP contribution in [-0.4, -0.2) is 58.3 Å². The Morgan fingerprint density at radius 3 is 2.91 bits per heavy atom. The van der Waals surface area contributed by atoms with E-state index in [0.717, 1.165) is 17.0 Å². The Kier molecular flexibility index (Phi) is 7.07. The number of rotatable bonds is 9. The molecule has 1 amide bonds. The van der Waals surface area contributed by atoms with E-state index in [1.165, 1.54) is 19.4 Å². The molecule has 3 aromatic rings. The fraction of sp³-hybridized carbons (Fsp3) is 0.400. The Hall–Kier alpha value is -3.52. The molecule has 1 saturated carbocycles. The van der Waals surface area contributed by atoms with Gasteiger partial charge in [-0.1, -0.05) is 11.3 Å². The summed E-state index contributed by atoms with van der Waals surface area (Å²) in [6.07, 6.45) is 1.51. The quantitative estimate of drug-likeness (QED) is 0.449. The highest BCUT2D eigenvalue weighted by atomic mass is 32.1. The van der Waals surface area contributed by atoms with Gasteiger partial charge >= 0.3 is 5.63 Å². The van der Waals surface area contributed by atoms with Crippen molar-refractivity contribution in [3.8, 4) is 10.9 Å². The number of ether oxygens (including phenoxy) is 2. The standard InChI is InChI=1S/C20H20F2N6O5S/c1-10-5-6-24-28(10)20-27-26-19(34-20)25-17(29)14-7-12(16(31-2)18(30)33-14)23-8-11-3-4-13(11)32-9-15(21)22/h5-8,11,13,15H,3-4,9H2,1-2H3,(H,25,26,29)/t11?,13-/m0/s1. The molecule has 14 heteroatoms. The van der Waals surface area contributed by atoms with E-state index in [1.54, 1.807) is 16.9 Å². The van der Waals surface area contributed by atoms with E-state index >= 15 is 0 Å². The summed E-state index contributed by atoms with van der Waals surface area (Å²) < 4.78 is 41.6. The van der Waals surface area contributed by atoms with Gasteiger partial charge in [-0.15, -0.1) is 10.2 Å². The third-order valence-corrected chi connectivity index (χ3v) is 5.88. The number of amides is 1. The highest BCUT2D eigenvalue weighted by Gasteiger charge is 2.31. The van der Waals surface area contributed by atoms with E-state index in [9.17, 15) is 18.4 Å². The summed E-state index contributed by atoms with van der Waals surface area (Å²) in [5, 5.41) is 15.2. The highest BCUT2D eigenvalue weighted by Crippen LogP contribution is 2.31. The molecular formula is C20H20F2N6O5S. The second-order valence-electron chi connectivity index (χ2n) is 7.33. The first-order valence-corrected chi connectivity index (χ1v) is 11.0. The molecule has 0 saturated heterocycles. The van der Waals surface area contributed by atoms with Crippen LogP contribution in [0.1, 0.15) is 29.1 Å². The maximum Gasteiger partial charge on any atom is 0.381 e. The summed E-state index contributed by atoms with van der Waals surface area (Å²) >= 11 is 1.08. The summed E-state index contributed by atoms with van der Waals surface area (Å²) in [6, 6.07) is 3.05. The van der Waals surface area contributed by atoms with E-state index in [2.05, 4.69) is 25.6 Å². The average molecular weight is 494 g/mol. The lowest BCUT2D eigenvalue weighted by Crippen LogP contribution is -2.36. The number of hydrogen-bond acceptors (Lipinski definition) is 10. The third-order valence-electron chi connectivity index (χ3n) is 5.07. The first-order valence-electron chi connectivity index (χ1n) is 10.2. The largest absolute Gasteiger partial charge is 0.488 e. The summed E-state index contributed by atoms with van der Waals surface area (Å²) in [4.78, 5) is 29.2. The first-order chi connectivity index (χ1) is 16.4. The van der Waals surface area contributed by atoms with E-state index in [0.29, 0.717) is 18.0 Å². The van der Waals surface area contributed by atoms with Crippen molar-refractivity contribution in [3.05, 3.63) is 40.2 Å². The van der Waals surface area contributed by atoms with Crippen molar-refractivity contribution in [3.63, 3.8) is 0 Å². The molecule has 1 fully saturated rings. The van der Waals surface area contributed by atoms with Crippen LogP contribution in [0.25, 0.3) is 5.13 Å². The maximum absolute atomic E-state index is 12.7. The van der Waals surface area contributed by atoms with E-state index in [1.807, 2.05) is 6.92 Å². The lowest BCUT2D eigenvalue weighted by atomic mass is 9.83. The molecule has 1 unspecified atom stereocenters. The van der Waals surface area contributed by atoms with Crippen LogP contribution in [0.15, 0.2) is 32.5 Å². The van der Waals surface area contributed by atoms with Gasteiger partial charge in [0.1, 0.15) is 12.3 Å². The van der Waals surface area contributed by atoms with Gasteiger partial charge in [0.05, 0.1) is 13.2 Å². The van der Waals surface area contributed by atoms with Crippen LogP contribution in [0.3, 0.4) is 0 Å². The second-order valence-corrected chi connectivity index (χ2v) is 8.28. The molecule has 0 bridgehead atoms. The van der Waals surface area contributed by atoms with Gasteiger partial charge in [-0.2, -0.15) is 5.10 Å². The number of nitrogens with one attached hydrogen (secondary N) is 1. The predicted molar refractivity (Wildman–Crippen MR) is 118 cm³/mol.